The fourth-order valence-corrected chi connectivity index (χ4v) is 2.22. The van der Waals surface area contributed by atoms with Crippen molar-refractivity contribution in [2.45, 2.75) is 51.6 Å². The second-order valence-electron chi connectivity index (χ2n) is 5.79. The number of benzene rings is 1. The minimum atomic E-state index is -0.481. The summed E-state index contributed by atoms with van der Waals surface area (Å²) in [6.07, 6.45) is 1.51. The summed E-state index contributed by atoms with van der Waals surface area (Å²) in [5, 5.41) is 13.8. The molecule has 0 aliphatic rings. The smallest absolute Gasteiger partial charge is 0.229 e. The number of hydrogen-bond acceptors (Lipinski definition) is 4. The molecule has 1 N–H and O–H groups in total. The van der Waals surface area contributed by atoms with Crippen molar-refractivity contribution >= 4 is 0 Å². The van der Waals surface area contributed by atoms with Gasteiger partial charge in [-0.3, -0.25) is 0 Å². The van der Waals surface area contributed by atoms with Gasteiger partial charge in [-0.25, -0.2) is 4.39 Å². The largest absolute Gasteiger partial charge is 0.393 e. The first-order valence-corrected chi connectivity index (χ1v) is 7.20. The predicted octanol–water partition coefficient (Wildman–Crippen LogP) is 3.24. The van der Waals surface area contributed by atoms with Crippen LogP contribution in [0.4, 0.5) is 4.39 Å². The number of aromatic nitrogens is 2. The van der Waals surface area contributed by atoms with Crippen LogP contribution in [0.15, 0.2) is 28.8 Å². The Morgan fingerprint density at radius 3 is 2.57 bits per heavy atom. The van der Waals surface area contributed by atoms with E-state index in [1.165, 1.54) is 12.1 Å². The molecule has 0 amide bonds. The third kappa shape index (κ3) is 3.67. The van der Waals surface area contributed by atoms with Gasteiger partial charge in [0.05, 0.1) is 17.9 Å². The summed E-state index contributed by atoms with van der Waals surface area (Å²) in [7, 11) is 0. The molecule has 0 bridgehead atoms. The van der Waals surface area contributed by atoms with E-state index >= 15 is 0 Å². The van der Waals surface area contributed by atoms with Crippen molar-refractivity contribution in [1.29, 1.82) is 0 Å². The summed E-state index contributed by atoms with van der Waals surface area (Å²) in [4.78, 5) is 4.37. The van der Waals surface area contributed by atoms with Crippen molar-refractivity contribution in [3.8, 4) is 0 Å². The molecule has 0 spiro atoms. The Bertz CT molecular complexity index is 578. The van der Waals surface area contributed by atoms with Gasteiger partial charge in [-0.15, -0.1) is 0 Å². The van der Waals surface area contributed by atoms with Gasteiger partial charge in [0, 0.05) is 0 Å². The van der Waals surface area contributed by atoms with Gasteiger partial charge < -0.3 is 9.63 Å². The van der Waals surface area contributed by atoms with Gasteiger partial charge in [0.15, 0.2) is 5.82 Å². The van der Waals surface area contributed by atoms with Crippen molar-refractivity contribution in [1.82, 2.24) is 10.1 Å². The van der Waals surface area contributed by atoms with Crippen molar-refractivity contribution in [2.24, 2.45) is 0 Å². The maximum atomic E-state index is 13.0. The van der Waals surface area contributed by atoms with Gasteiger partial charge in [-0.1, -0.05) is 30.6 Å². The predicted molar refractivity (Wildman–Crippen MR) is 77.4 cm³/mol. The molecule has 2 aromatic rings. The van der Waals surface area contributed by atoms with Crippen molar-refractivity contribution in [3.05, 3.63) is 47.4 Å². The molecular formula is C16H21FN2O2. The minimum Gasteiger partial charge on any atom is -0.393 e. The molecule has 1 atom stereocenters. The van der Waals surface area contributed by atoms with Crippen molar-refractivity contribution in [3.63, 3.8) is 0 Å². The third-order valence-corrected chi connectivity index (χ3v) is 3.63. The topological polar surface area (TPSA) is 59.2 Å². The van der Waals surface area contributed by atoms with Crippen LogP contribution in [0.3, 0.4) is 0 Å². The molecule has 1 aromatic heterocycles. The first kappa shape index (κ1) is 15.6. The highest BCUT2D eigenvalue weighted by molar-refractivity contribution is 5.30. The van der Waals surface area contributed by atoms with E-state index in [2.05, 4.69) is 10.1 Å². The Kier molecular flexibility index (Phi) is 4.73. The fourth-order valence-electron chi connectivity index (χ4n) is 2.22. The van der Waals surface area contributed by atoms with Gasteiger partial charge in [0.2, 0.25) is 5.89 Å². The molecule has 0 saturated carbocycles. The number of aliphatic hydroxyl groups is 1. The Labute approximate surface area is 124 Å². The maximum Gasteiger partial charge on any atom is 0.229 e. The zero-order chi connectivity index (χ0) is 15.5. The summed E-state index contributed by atoms with van der Waals surface area (Å²) in [6.45, 7) is 5.93. The number of aliphatic hydroxyl groups excluding tert-OH is 1. The second kappa shape index (κ2) is 6.35. The van der Waals surface area contributed by atoms with Crippen LogP contribution in [0.2, 0.25) is 0 Å². The zero-order valence-electron chi connectivity index (χ0n) is 12.6. The van der Waals surface area contributed by atoms with E-state index in [4.69, 9.17) is 4.52 Å². The Morgan fingerprint density at radius 1 is 1.29 bits per heavy atom. The van der Waals surface area contributed by atoms with E-state index in [1.54, 1.807) is 12.1 Å². The highest BCUT2D eigenvalue weighted by Gasteiger charge is 2.29. The third-order valence-electron chi connectivity index (χ3n) is 3.63. The van der Waals surface area contributed by atoms with E-state index in [1.807, 2.05) is 20.8 Å². The first-order valence-electron chi connectivity index (χ1n) is 7.20. The quantitative estimate of drug-likeness (QED) is 0.888. The van der Waals surface area contributed by atoms with Gasteiger partial charge in [0.1, 0.15) is 5.82 Å². The number of hydrogen-bond donors (Lipinski definition) is 1. The van der Waals surface area contributed by atoms with Crippen LogP contribution in [0.1, 0.15) is 50.9 Å². The van der Waals surface area contributed by atoms with E-state index in [0.29, 0.717) is 24.6 Å². The molecule has 1 aromatic carbocycles. The van der Waals surface area contributed by atoms with Crippen LogP contribution in [-0.2, 0) is 11.8 Å². The SMILES string of the molecule is CCCC(O)Cc1nc(C(C)(C)c2ccc(F)cc2)no1. The average molecular weight is 292 g/mol. The zero-order valence-corrected chi connectivity index (χ0v) is 12.6. The molecular weight excluding hydrogens is 271 g/mol. The summed E-state index contributed by atoms with van der Waals surface area (Å²) in [5.41, 5.74) is 0.427. The standard InChI is InChI=1S/C16H21FN2O2/c1-4-5-13(20)10-14-18-15(19-21-14)16(2,3)11-6-8-12(17)9-7-11/h6-9,13,20H,4-5,10H2,1-3H3. The van der Waals surface area contributed by atoms with E-state index in [9.17, 15) is 9.50 Å². The number of halogens is 1. The van der Waals surface area contributed by atoms with Crippen LogP contribution < -0.4 is 0 Å². The lowest BCUT2D eigenvalue weighted by atomic mass is 9.84. The lowest BCUT2D eigenvalue weighted by Crippen LogP contribution is -2.21. The van der Waals surface area contributed by atoms with Crippen LogP contribution in [0, 0.1) is 5.82 Å². The fraction of sp³-hybridized carbons (Fsp3) is 0.500. The first-order chi connectivity index (χ1) is 9.93. The van der Waals surface area contributed by atoms with Crippen LogP contribution in [-0.4, -0.2) is 21.4 Å². The van der Waals surface area contributed by atoms with Crippen LogP contribution in [0.5, 0.6) is 0 Å². The van der Waals surface area contributed by atoms with Gasteiger partial charge in [0.25, 0.3) is 0 Å². The molecule has 114 valence electrons. The van der Waals surface area contributed by atoms with E-state index in [-0.39, 0.29) is 5.82 Å². The highest BCUT2D eigenvalue weighted by Crippen LogP contribution is 2.29. The molecule has 4 nitrogen and oxygen atoms in total. The molecule has 2 rings (SSSR count). The maximum absolute atomic E-state index is 13.0. The van der Waals surface area contributed by atoms with Gasteiger partial charge >= 0.3 is 0 Å². The van der Waals surface area contributed by atoms with Gasteiger partial charge in [-0.2, -0.15) is 4.98 Å². The minimum absolute atomic E-state index is 0.272. The average Bonchev–Trinajstić information content (AvgIpc) is 2.88. The van der Waals surface area contributed by atoms with Crippen LogP contribution in [0.25, 0.3) is 0 Å². The second-order valence-corrected chi connectivity index (χ2v) is 5.79. The summed E-state index contributed by atoms with van der Waals surface area (Å²) in [6, 6.07) is 6.28. The van der Waals surface area contributed by atoms with Crippen molar-refractivity contribution in [2.75, 3.05) is 0 Å². The van der Waals surface area contributed by atoms with Gasteiger partial charge in [-0.05, 0) is 38.0 Å². The number of rotatable bonds is 6. The number of nitrogens with zero attached hydrogens (tertiary/aromatic N) is 2. The van der Waals surface area contributed by atoms with E-state index < -0.39 is 11.5 Å². The molecule has 0 radical (unpaired) electrons. The molecule has 1 heterocycles. The lowest BCUT2D eigenvalue weighted by molar-refractivity contribution is 0.151. The Balaban J connectivity index is 2.17. The van der Waals surface area contributed by atoms with Crippen LogP contribution >= 0.6 is 0 Å². The lowest BCUT2D eigenvalue weighted by Gasteiger charge is -2.20. The molecule has 21 heavy (non-hydrogen) atoms. The highest BCUT2D eigenvalue weighted by atomic mass is 19.1. The van der Waals surface area contributed by atoms with E-state index in [0.717, 1.165) is 12.0 Å². The summed E-state index contributed by atoms with van der Waals surface area (Å²) >= 11 is 0. The Hall–Kier alpha value is -1.75. The van der Waals surface area contributed by atoms with Crippen molar-refractivity contribution < 1.29 is 14.0 Å². The molecule has 0 fully saturated rings. The monoisotopic (exact) mass is 292 g/mol. The Morgan fingerprint density at radius 2 is 1.95 bits per heavy atom. The molecule has 1 unspecified atom stereocenters. The summed E-state index contributed by atoms with van der Waals surface area (Å²) in [5.74, 6) is 0.694. The normalized spacial score (nSPS) is 13.4. The molecule has 0 aliphatic carbocycles. The molecule has 0 saturated heterocycles. The molecule has 5 heteroatoms. The molecule has 0 aliphatic heterocycles. The summed E-state index contributed by atoms with van der Waals surface area (Å²) < 4.78 is 18.2.